The smallest absolute Gasteiger partial charge is 0.104 e. The molecule has 0 amide bonds. The van der Waals surface area contributed by atoms with E-state index in [1.807, 2.05) is 18.2 Å². The molecule has 0 saturated carbocycles. The standard InChI is InChI=1S/C15H15N/c1-12-6-7-13(2)14(10-12)15(11-16)8-4-3-5-9-15/h3-8,10H,9H2,1-2H3. The van der Waals surface area contributed by atoms with E-state index in [-0.39, 0.29) is 0 Å². The van der Waals surface area contributed by atoms with Crippen LogP contribution in [0.25, 0.3) is 0 Å². The van der Waals surface area contributed by atoms with E-state index in [4.69, 9.17) is 0 Å². The Morgan fingerprint density at radius 2 is 2.06 bits per heavy atom. The quantitative estimate of drug-likeness (QED) is 0.693. The van der Waals surface area contributed by atoms with Crippen molar-refractivity contribution in [3.05, 3.63) is 59.2 Å². The van der Waals surface area contributed by atoms with Crippen molar-refractivity contribution in [2.75, 3.05) is 0 Å². The first kappa shape index (κ1) is 10.7. The van der Waals surface area contributed by atoms with Gasteiger partial charge >= 0.3 is 0 Å². The van der Waals surface area contributed by atoms with Crippen LogP contribution in [0.4, 0.5) is 0 Å². The van der Waals surface area contributed by atoms with Crippen LogP contribution in [0.15, 0.2) is 42.5 Å². The van der Waals surface area contributed by atoms with Crippen molar-refractivity contribution in [1.29, 1.82) is 5.26 Å². The zero-order chi connectivity index (χ0) is 11.6. The number of benzene rings is 1. The van der Waals surface area contributed by atoms with Gasteiger partial charge in [-0.1, -0.05) is 48.1 Å². The van der Waals surface area contributed by atoms with Crippen LogP contribution in [0.2, 0.25) is 0 Å². The number of hydrogen-bond donors (Lipinski definition) is 0. The van der Waals surface area contributed by atoms with Crippen LogP contribution in [0.5, 0.6) is 0 Å². The van der Waals surface area contributed by atoms with E-state index < -0.39 is 5.41 Å². The molecule has 1 aliphatic carbocycles. The van der Waals surface area contributed by atoms with E-state index >= 15 is 0 Å². The number of aryl methyl sites for hydroxylation is 2. The number of hydrogen-bond acceptors (Lipinski definition) is 1. The fraction of sp³-hybridized carbons (Fsp3) is 0.267. The Morgan fingerprint density at radius 3 is 2.69 bits per heavy atom. The molecule has 2 rings (SSSR count). The molecule has 1 heteroatoms. The summed E-state index contributed by atoms with van der Waals surface area (Å²) in [5.41, 5.74) is 3.06. The lowest BCUT2D eigenvalue weighted by Crippen LogP contribution is -2.23. The molecule has 0 fully saturated rings. The van der Waals surface area contributed by atoms with E-state index in [9.17, 15) is 5.26 Å². The largest absolute Gasteiger partial charge is 0.197 e. The van der Waals surface area contributed by atoms with Gasteiger partial charge in [-0.25, -0.2) is 0 Å². The molecule has 0 aromatic heterocycles. The summed E-state index contributed by atoms with van der Waals surface area (Å²) in [5.74, 6) is 0. The summed E-state index contributed by atoms with van der Waals surface area (Å²) in [4.78, 5) is 0. The third kappa shape index (κ3) is 1.67. The Hall–Kier alpha value is -1.81. The van der Waals surface area contributed by atoms with Crippen molar-refractivity contribution in [2.24, 2.45) is 0 Å². The molecule has 0 N–H and O–H groups in total. The van der Waals surface area contributed by atoms with Crippen molar-refractivity contribution in [1.82, 2.24) is 0 Å². The molecule has 80 valence electrons. The first-order valence-corrected chi connectivity index (χ1v) is 5.51. The average Bonchev–Trinajstić information content (AvgIpc) is 2.33. The zero-order valence-corrected chi connectivity index (χ0v) is 9.70. The fourth-order valence-electron chi connectivity index (χ4n) is 2.18. The van der Waals surface area contributed by atoms with Gasteiger partial charge in [-0.3, -0.25) is 0 Å². The third-order valence-electron chi connectivity index (χ3n) is 3.14. The Morgan fingerprint density at radius 1 is 1.25 bits per heavy atom. The molecule has 16 heavy (non-hydrogen) atoms. The molecule has 1 atom stereocenters. The zero-order valence-electron chi connectivity index (χ0n) is 9.70. The summed E-state index contributed by atoms with van der Waals surface area (Å²) in [6.45, 7) is 4.14. The molecule has 1 unspecified atom stereocenters. The minimum atomic E-state index is -0.467. The summed E-state index contributed by atoms with van der Waals surface area (Å²) in [7, 11) is 0. The number of allylic oxidation sites excluding steroid dienone is 4. The first-order chi connectivity index (χ1) is 7.68. The Balaban J connectivity index is 2.58. The molecule has 0 heterocycles. The van der Waals surface area contributed by atoms with Crippen LogP contribution in [0.1, 0.15) is 23.1 Å². The van der Waals surface area contributed by atoms with Crippen LogP contribution < -0.4 is 0 Å². The third-order valence-corrected chi connectivity index (χ3v) is 3.14. The van der Waals surface area contributed by atoms with Crippen molar-refractivity contribution >= 4 is 0 Å². The van der Waals surface area contributed by atoms with Crippen LogP contribution in [0, 0.1) is 25.2 Å². The van der Waals surface area contributed by atoms with Gasteiger partial charge < -0.3 is 0 Å². The Labute approximate surface area is 96.7 Å². The highest BCUT2D eigenvalue weighted by atomic mass is 14.4. The van der Waals surface area contributed by atoms with Crippen LogP contribution >= 0.6 is 0 Å². The van der Waals surface area contributed by atoms with Crippen LogP contribution in [-0.4, -0.2) is 0 Å². The van der Waals surface area contributed by atoms with E-state index in [0.29, 0.717) is 0 Å². The van der Waals surface area contributed by atoms with E-state index in [1.54, 1.807) is 0 Å². The number of nitriles is 1. The highest BCUT2D eigenvalue weighted by molar-refractivity contribution is 5.47. The SMILES string of the molecule is Cc1ccc(C)c(C2(C#N)C=CC=CC2)c1. The molecule has 0 aliphatic heterocycles. The van der Waals surface area contributed by atoms with Gasteiger partial charge in [0.25, 0.3) is 0 Å². The molecule has 1 aromatic carbocycles. The maximum Gasteiger partial charge on any atom is 0.104 e. The molecular weight excluding hydrogens is 194 g/mol. The van der Waals surface area contributed by atoms with Gasteiger partial charge in [0.05, 0.1) is 6.07 Å². The van der Waals surface area contributed by atoms with Crippen molar-refractivity contribution in [2.45, 2.75) is 25.7 Å². The molecule has 1 aliphatic rings. The highest BCUT2D eigenvalue weighted by Crippen LogP contribution is 2.34. The molecule has 0 spiro atoms. The molecule has 1 nitrogen and oxygen atoms in total. The van der Waals surface area contributed by atoms with Gasteiger partial charge in [0.15, 0.2) is 0 Å². The van der Waals surface area contributed by atoms with E-state index in [2.05, 4.69) is 44.2 Å². The monoisotopic (exact) mass is 209 g/mol. The summed E-state index contributed by atoms with van der Waals surface area (Å²) in [5, 5.41) is 9.48. The van der Waals surface area contributed by atoms with Crippen molar-refractivity contribution in [3.8, 4) is 6.07 Å². The molecule has 0 radical (unpaired) electrons. The predicted molar refractivity (Wildman–Crippen MR) is 66.1 cm³/mol. The van der Waals surface area contributed by atoms with E-state index in [1.165, 1.54) is 11.1 Å². The summed E-state index contributed by atoms with van der Waals surface area (Å²) in [6.07, 6.45) is 8.80. The van der Waals surface area contributed by atoms with Gasteiger partial charge in [-0.2, -0.15) is 5.26 Å². The minimum Gasteiger partial charge on any atom is -0.197 e. The molecular formula is C15H15N. The fourth-order valence-corrected chi connectivity index (χ4v) is 2.18. The normalized spacial score (nSPS) is 23.1. The molecule has 0 bridgehead atoms. The van der Waals surface area contributed by atoms with Gasteiger partial charge in [0, 0.05) is 0 Å². The highest BCUT2D eigenvalue weighted by Gasteiger charge is 2.30. The van der Waals surface area contributed by atoms with Crippen LogP contribution in [-0.2, 0) is 5.41 Å². The maximum absolute atomic E-state index is 9.48. The Bertz CT molecular complexity index is 503. The summed E-state index contributed by atoms with van der Waals surface area (Å²) < 4.78 is 0. The van der Waals surface area contributed by atoms with E-state index in [0.717, 1.165) is 12.0 Å². The summed E-state index contributed by atoms with van der Waals surface area (Å²) >= 11 is 0. The minimum absolute atomic E-state index is 0.467. The topological polar surface area (TPSA) is 23.8 Å². The molecule has 0 saturated heterocycles. The van der Waals surface area contributed by atoms with Gasteiger partial charge in [-0.05, 0) is 31.4 Å². The lowest BCUT2D eigenvalue weighted by Gasteiger charge is -2.26. The number of rotatable bonds is 1. The number of nitrogens with zero attached hydrogens (tertiary/aromatic N) is 1. The lowest BCUT2D eigenvalue weighted by atomic mass is 9.74. The second-order valence-electron chi connectivity index (χ2n) is 4.39. The maximum atomic E-state index is 9.48. The average molecular weight is 209 g/mol. The second-order valence-corrected chi connectivity index (χ2v) is 4.39. The van der Waals surface area contributed by atoms with Gasteiger partial charge in [0.1, 0.15) is 5.41 Å². The van der Waals surface area contributed by atoms with Crippen molar-refractivity contribution < 1.29 is 0 Å². The van der Waals surface area contributed by atoms with Gasteiger partial charge in [0.2, 0.25) is 0 Å². The lowest BCUT2D eigenvalue weighted by molar-refractivity contribution is 0.685. The predicted octanol–water partition coefficient (Wildman–Crippen LogP) is 3.58. The first-order valence-electron chi connectivity index (χ1n) is 5.51. The second kappa shape index (κ2) is 3.98. The van der Waals surface area contributed by atoms with Crippen molar-refractivity contribution in [3.63, 3.8) is 0 Å². The van der Waals surface area contributed by atoms with Crippen LogP contribution in [0.3, 0.4) is 0 Å². The summed E-state index contributed by atoms with van der Waals surface area (Å²) in [6, 6.07) is 8.77. The van der Waals surface area contributed by atoms with Gasteiger partial charge in [-0.15, -0.1) is 0 Å². The molecule has 1 aromatic rings. The Kier molecular flexibility index (Phi) is 2.66.